The molecule has 1 heterocycles. The molecular weight excluding hydrogens is 281 g/mol. The van der Waals surface area contributed by atoms with E-state index in [0.29, 0.717) is 18.2 Å². The maximum atomic E-state index is 13.9. The molecule has 0 bridgehead atoms. The molecule has 0 fully saturated rings. The molecule has 2 aromatic rings. The van der Waals surface area contributed by atoms with Crippen LogP contribution in [0.4, 0.5) is 4.39 Å². The van der Waals surface area contributed by atoms with Gasteiger partial charge in [0.05, 0.1) is 0 Å². The molecule has 6 heteroatoms. The van der Waals surface area contributed by atoms with Gasteiger partial charge in [-0.25, -0.2) is 9.37 Å². The minimum atomic E-state index is -0.181. The number of halogens is 1. The number of aryl methyl sites for hydroxylation is 1. The monoisotopic (exact) mass is 297 g/mol. The summed E-state index contributed by atoms with van der Waals surface area (Å²) in [7, 11) is 0. The minimum absolute atomic E-state index is 0.181. The van der Waals surface area contributed by atoms with Gasteiger partial charge in [0, 0.05) is 23.0 Å². The third kappa shape index (κ3) is 3.99. The van der Waals surface area contributed by atoms with Gasteiger partial charge in [-0.2, -0.15) is 4.37 Å². The zero-order valence-corrected chi connectivity index (χ0v) is 12.7. The Morgan fingerprint density at radius 2 is 2.21 bits per heavy atom. The van der Waals surface area contributed by atoms with Crippen molar-refractivity contribution in [3.05, 3.63) is 35.4 Å². The Bertz CT molecular complexity index is 555. The summed E-state index contributed by atoms with van der Waals surface area (Å²) in [6.07, 6.45) is 0. The Balaban J connectivity index is 2.21. The number of aromatic nitrogens is 2. The first-order valence-corrected chi connectivity index (χ1v) is 7.64. The van der Waals surface area contributed by atoms with Crippen LogP contribution in [0.15, 0.2) is 27.4 Å². The average Bonchev–Trinajstić information content (AvgIpc) is 2.74. The van der Waals surface area contributed by atoms with E-state index in [1.165, 1.54) is 29.4 Å². The van der Waals surface area contributed by atoms with Gasteiger partial charge in [-0.1, -0.05) is 31.7 Å². The third-order valence-corrected chi connectivity index (χ3v) is 4.41. The fourth-order valence-electron chi connectivity index (χ4n) is 1.53. The summed E-state index contributed by atoms with van der Waals surface area (Å²) < 4.78 is 18.9. The van der Waals surface area contributed by atoms with Crippen molar-refractivity contribution in [2.24, 2.45) is 0 Å². The number of hydrogen-bond donors (Lipinski definition) is 1. The van der Waals surface area contributed by atoms with E-state index >= 15 is 0 Å². The summed E-state index contributed by atoms with van der Waals surface area (Å²) in [4.78, 5) is 5.19. The van der Waals surface area contributed by atoms with Crippen LogP contribution >= 0.6 is 23.3 Å². The fraction of sp³-hybridized carbons (Fsp3) is 0.385. The summed E-state index contributed by atoms with van der Waals surface area (Å²) in [5.74, 6) is 0.574. The van der Waals surface area contributed by atoms with Crippen LogP contribution in [0.25, 0.3) is 0 Å². The van der Waals surface area contributed by atoms with Gasteiger partial charge in [0.2, 0.25) is 0 Å². The standard InChI is InChI=1S/C13H16FN3S2/c1-8(2)15-7-10-11(14)5-4-6-12(10)18-13-16-9(3)17-19-13/h4-6,8,15H,7H2,1-3H3. The molecule has 0 unspecified atom stereocenters. The molecule has 0 saturated heterocycles. The summed E-state index contributed by atoms with van der Waals surface area (Å²) in [5, 5.41) is 3.25. The van der Waals surface area contributed by atoms with E-state index in [9.17, 15) is 4.39 Å². The lowest BCUT2D eigenvalue weighted by Gasteiger charge is -2.12. The highest BCUT2D eigenvalue weighted by atomic mass is 32.2. The quantitative estimate of drug-likeness (QED) is 0.914. The maximum absolute atomic E-state index is 13.9. The largest absolute Gasteiger partial charge is 0.310 e. The normalized spacial score (nSPS) is 11.2. The summed E-state index contributed by atoms with van der Waals surface area (Å²) in [6, 6.07) is 5.46. The molecule has 0 spiro atoms. The number of hydrogen-bond acceptors (Lipinski definition) is 5. The van der Waals surface area contributed by atoms with Gasteiger partial charge in [-0.3, -0.25) is 0 Å². The Kier molecular flexibility index (Phi) is 4.90. The van der Waals surface area contributed by atoms with E-state index in [1.807, 2.05) is 26.8 Å². The Morgan fingerprint density at radius 1 is 1.42 bits per heavy atom. The number of benzene rings is 1. The van der Waals surface area contributed by atoms with Gasteiger partial charge in [0.15, 0.2) is 4.34 Å². The van der Waals surface area contributed by atoms with E-state index in [2.05, 4.69) is 14.7 Å². The second-order valence-corrected chi connectivity index (χ2v) is 6.50. The van der Waals surface area contributed by atoms with Crippen LogP contribution in [0.3, 0.4) is 0 Å². The summed E-state index contributed by atoms with van der Waals surface area (Å²) in [6.45, 7) is 6.46. The van der Waals surface area contributed by atoms with Crippen LogP contribution in [0, 0.1) is 12.7 Å². The second-order valence-electron chi connectivity index (χ2n) is 4.46. The molecule has 0 radical (unpaired) electrons. The van der Waals surface area contributed by atoms with Crippen molar-refractivity contribution in [1.82, 2.24) is 14.7 Å². The lowest BCUT2D eigenvalue weighted by atomic mass is 10.2. The molecule has 0 aliphatic heterocycles. The first kappa shape index (κ1) is 14.4. The van der Waals surface area contributed by atoms with Gasteiger partial charge in [0.1, 0.15) is 11.6 Å². The van der Waals surface area contributed by atoms with Gasteiger partial charge < -0.3 is 5.32 Å². The fourth-order valence-corrected chi connectivity index (χ4v) is 3.29. The average molecular weight is 297 g/mol. The highest BCUT2D eigenvalue weighted by Gasteiger charge is 2.12. The van der Waals surface area contributed by atoms with Gasteiger partial charge >= 0.3 is 0 Å². The second kappa shape index (κ2) is 6.45. The van der Waals surface area contributed by atoms with E-state index < -0.39 is 0 Å². The van der Waals surface area contributed by atoms with Crippen molar-refractivity contribution in [1.29, 1.82) is 0 Å². The SMILES string of the molecule is Cc1nsc(Sc2cccc(F)c2CNC(C)C)n1. The Hall–Kier alpha value is -0.980. The highest BCUT2D eigenvalue weighted by Crippen LogP contribution is 2.32. The van der Waals surface area contributed by atoms with Gasteiger partial charge in [-0.05, 0) is 30.6 Å². The molecule has 1 aromatic heterocycles. The smallest absolute Gasteiger partial charge is 0.174 e. The van der Waals surface area contributed by atoms with Crippen molar-refractivity contribution in [2.45, 2.75) is 42.6 Å². The van der Waals surface area contributed by atoms with E-state index in [1.54, 1.807) is 6.07 Å². The zero-order chi connectivity index (χ0) is 13.8. The van der Waals surface area contributed by atoms with Gasteiger partial charge in [-0.15, -0.1) is 0 Å². The predicted octanol–water partition coefficient (Wildman–Crippen LogP) is 3.63. The third-order valence-electron chi connectivity index (χ3n) is 2.47. The van der Waals surface area contributed by atoms with Crippen LogP contribution in [0.1, 0.15) is 25.2 Å². The lowest BCUT2D eigenvalue weighted by Crippen LogP contribution is -2.22. The van der Waals surface area contributed by atoms with Crippen molar-refractivity contribution in [3.8, 4) is 0 Å². The Labute approximate surface area is 120 Å². The van der Waals surface area contributed by atoms with E-state index in [-0.39, 0.29) is 5.82 Å². The van der Waals surface area contributed by atoms with Crippen molar-refractivity contribution < 1.29 is 4.39 Å². The van der Waals surface area contributed by atoms with E-state index in [4.69, 9.17) is 0 Å². The molecule has 0 aliphatic carbocycles. The van der Waals surface area contributed by atoms with Crippen LogP contribution in [-0.4, -0.2) is 15.4 Å². The molecule has 0 amide bonds. The van der Waals surface area contributed by atoms with E-state index in [0.717, 1.165) is 15.1 Å². The first-order chi connectivity index (χ1) is 9.06. The van der Waals surface area contributed by atoms with Crippen molar-refractivity contribution >= 4 is 23.3 Å². The molecule has 19 heavy (non-hydrogen) atoms. The lowest BCUT2D eigenvalue weighted by molar-refractivity contribution is 0.546. The molecule has 2 rings (SSSR count). The maximum Gasteiger partial charge on any atom is 0.174 e. The molecule has 0 saturated carbocycles. The molecule has 0 aliphatic rings. The first-order valence-electron chi connectivity index (χ1n) is 6.05. The van der Waals surface area contributed by atoms with Crippen LogP contribution in [0.2, 0.25) is 0 Å². The highest BCUT2D eigenvalue weighted by molar-refractivity contribution is 8.01. The summed E-state index contributed by atoms with van der Waals surface area (Å²) in [5.41, 5.74) is 0.689. The van der Waals surface area contributed by atoms with Crippen molar-refractivity contribution in [2.75, 3.05) is 0 Å². The van der Waals surface area contributed by atoms with Crippen LogP contribution in [0.5, 0.6) is 0 Å². The molecular formula is C13H16FN3S2. The molecule has 1 N–H and O–H groups in total. The zero-order valence-electron chi connectivity index (χ0n) is 11.1. The summed E-state index contributed by atoms with van der Waals surface area (Å²) >= 11 is 2.81. The molecule has 0 atom stereocenters. The number of nitrogens with zero attached hydrogens (tertiary/aromatic N) is 2. The number of rotatable bonds is 5. The van der Waals surface area contributed by atoms with Crippen LogP contribution in [-0.2, 0) is 6.54 Å². The number of nitrogens with one attached hydrogen (secondary N) is 1. The van der Waals surface area contributed by atoms with Crippen molar-refractivity contribution in [3.63, 3.8) is 0 Å². The predicted molar refractivity (Wildman–Crippen MR) is 77.1 cm³/mol. The Morgan fingerprint density at radius 3 is 2.84 bits per heavy atom. The molecule has 1 aromatic carbocycles. The van der Waals surface area contributed by atoms with Gasteiger partial charge in [0.25, 0.3) is 0 Å². The minimum Gasteiger partial charge on any atom is -0.310 e. The molecule has 102 valence electrons. The molecule has 3 nitrogen and oxygen atoms in total. The van der Waals surface area contributed by atoms with Crippen LogP contribution < -0.4 is 5.32 Å². The topological polar surface area (TPSA) is 37.8 Å².